The molecule has 232 valence electrons. The molecule has 0 saturated heterocycles. The molecule has 8 rings (SSSR count). The van der Waals surface area contributed by atoms with Crippen LogP contribution in [0.15, 0.2) is 60.7 Å². The first kappa shape index (κ1) is 39.0. The third-order valence-corrected chi connectivity index (χ3v) is 7.52. The van der Waals surface area contributed by atoms with E-state index in [1.165, 1.54) is 23.2 Å². The van der Waals surface area contributed by atoms with Gasteiger partial charge in [-0.2, -0.15) is 8.75 Å². The zero-order valence-electron chi connectivity index (χ0n) is 26.2. The molecule has 0 atom stereocenters. The molecule has 49 heavy (non-hydrogen) atoms. The molecule has 4 saturated carbocycles. The van der Waals surface area contributed by atoms with Crippen LogP contribution >= 0.6 is 11.7 Å². The average molecular weight is 728 g/mol. The number of fused-ring (bicyclic) bond motifs is 1. The van der Waals surface area contributed by atoms with Gasteiger partial charge in [0, 0.05) is 22.6 Å². The Bertz CT molecular complexity index is 1730. The van der Waals surface area contributed by atoms with Gasteiger partial charge in [0.2, 0.25) is 0 Å². The van der Waals surface area contributed by atoms with Crippen LogP contribution in [0.4, 0.5) is 0 Å². The Morgan fingerprint density at radius 3 is 1.16 bits per heavy atom. The maximum Gasteiger partial charge on any atom is 2.00 e. The standard InChI is InChI=1S/C34H18N2S.2C5H5.2Fe/c1-2-6-25(5-1)9-10-26-11-13-27(14-12-26)17-21-31-23-24-32(34-33(31)35-37-36-34)22-18-28-15-19-30(20-16-28)29-7-3-4-8-29;2*1-2-4-5-3-1;;/h1-8,11-16,19-20,23-24H;2*1-5H;;/q;;;2*+2. The van der Waals surface area contributed by atoms with E-state index in [1.54, 1.807) is 0 Å². The van der Waals surface area contributed by atoms with Gasteiger partial charge in [-0.15, -0.1) is 0 Å². The second kappa shape index (κ2) is 21.4. The van der Waals surface area contributed by atoms with E-state index in [-0.39, 0.29) is 34.1 Å². The van der Waals surface area contributed by atoms with E-state index >= 15 is 0 Å². The number of aromatic nitrogens is 2. The van der Waals surface area contributed by atoms with Crippen LogP contribution < -0.4 is 0 Å². The van der Waals surface area contributed by atoms with Crippen molar-refractivity contribution in [3.8, 4) is 35.5 Å². The Morgan fingerprint density at radius 1 is 0.367 bits per heavy atom. The molecule has 4 aliphatic rings. The summed E-state index contributed by atoms with van der Waals surface area (Å²) in [4.78, 5) is 0. The fourth-order valence-corrected chi connectivity index (χ4v) is 5.11. The molecule has 1 heterocycles. The first-order chi connectivity index (χ1) is 23.3. The van der Waals surface area contributed by atoms with Crippen LogP contribution in [0.3, 0.4) is 0 Å². The zero-order valence-corrected chi connectivity index (χ0v) is 29.2. The predicted octanol–water partition coefficient (Wildman–Crippen LogP) is 8.04. The molecule has 0 bridgehead atoms. The van der Waals surface area contributed by atoms with Gasteiger partial charge in [-0.25, -0.2) is 0 Å². The van der Waals surface area contributed by atoms with Crippen LogP contribution in [-0.2, 0) is 34.1 Å². The van der Waals surface area contributed by atoms with Crippen molar-refractivity contribution in [1.29, 1.82) is 0 Å². The van der Waals surface area contributed by atoms with Crippen molar-refractivity contribution in [2.45, 2.75) is 0 Å². The first-order valence-electron chi connectivity index (χ1n) is 15.1. The minimum absolute atomic E-state index is 0. The van der Waals surface area contributed by atoms with E-state index in [4.69, 9.17) is 0 Å². The van der Waals surface area contributed by atoms with Gasteiger partial charge in [0.15, 0.2) is 0 Å². The topological polar surface area (TPSA) is 25.8 Å². The Kier molecular flexibility index (Phi) is 17.0. The van der Waals surface area contributed by atoms with Crippen LogP contribution in [0.2, 0.25) is 0 Å². The first-order valence-corrected chi connectivity index (χ1v) is 15.8. The largest absolute Gasteiger partial charge is 2.00 e. The van der Waals surface area contributed by atoms with Crippen LogP contribution in [0.25, 0.3) is 11.0 Å². The molecular weight excluding hydrogens is 700 g/mol. The summed E-state index contributed by atoms with van der Waals surface area (Å²) in [5, 5.41) is 0. The molecule has 4 aromatic rings. The molecule has 2 nitrogen and oxygen atoms in total. The minimum Gasteiger partial charge on any atom is -0.172 e. The second-order valence-electron chi connectivity index (χ2n) is 10.3. The van der Waals surface area contributed by atoms with Gasteiger partial charge in [-0.3, -0.25) is 0 Å². The van der Waals surface area contributed by atoms with Gasteiger partial charge in [-0.1, -0.05) is 47.7 Å². The number of rotatable bonds is 1. The van der Waals surface area contributed by atoms with Gasteiger partial charge < -0.3 is 0 Å². The Hall–Kier alpha value is -2.80. The van der Waals surface area contributed by atoms with Crippen LogP contribution in [-0.4, -0.2) is 8.75 Å². The van der Waals surface area contributed by atoms with Crippen LogP contribution in [0.5, 0.6) is 0 Å². The summed E-state index contributed by atoms with van der Waals surface area (Å²) in [6, 6.07) is 20.2. The third-order valence-electron chi connectivity index (χ3n) is 6.99. The van der Waals surface area contributed by atoms with Crippen molar-refractivity contribution < 1.29 is 34.1 Å². The molecule has 5 heteroatoms. The fourth-order valence-electron chi connectivity index (χ4n) is 4.54. The molecule has 20 radical (unpaired) electrons. The molecule has 0 aliphatic heterocycles. The molecule has 0 spiro atoms. The molecular formula is C44H28Fe2N2S+4. The van der Waals surface area contributed by atoms with Crippen molar-refractivity contribution in [2.75, 3.05) is 0 Å². The average Bonchev–Trinajstić information content (AvgIpc) is 3.97. The number of hydrogen-bond donors (Lipinski definition) is 0. The van der Waals surface area contributed by atoms with E-state index in [0.29, 0.717) is 0 Å². The van der Waals surface area contributed by atoms with E-state index in [0.717, 1.165) is 44.8 Å². The summed E-state index contributed by atoms with van der Waals surface area (Å²) in [5.74, 6) is 21.6. The van der Waals surface area contributed by atoms with Crippen molar-refractivity contribution >= 4 is 22.8 Å². The second-order valence-corrected chi connectivity index (χ2v) is 10.8. The van der Waals surface area contributed by atoms with Crippen molar-refractivity contribution in [2.24, 2.45) is 0 Å². The Morgan fingerprint density at radius 2 is 0.735 bits per heavy atom. The minimum atomic E-state index is 0. The van der Waals surface area contributed by atoms with Crippen LogP contribution in [0, 0.1) is 163 Å². The predicted molar refractivity (Wildman–Crippen MR) is 192 cm³/mol. The zero-order chi connectivity index (χ0) is 31.9. The van der Waals surface area contributed by atoms with E-state index in [1.807, 2.05) is 151 Å². The molecule has 0 unspecified atom stereocenters. The molecule has 3 aromatic carbocycles. The fraction of sp³-hybridized carbons (Fsp3) is 0. The summed E-state index contributed by atoms with van der Waals surface area (Å²) in [7, 11) is 0. The van der Waals surface area contributed by atoms with E-state index in [9.17, 15) is 0 Å². The smallest absolute Gasteiger partial charge is 0.172 e. The van der Waals surface area contributed by atoms with Crippen molar-refractivity contribution in [1.82, 2.24) is 8.75 Å². The van der Waals surface area contributed by atoms with Crippen LogP contribution in [0.1, 0.15) is 33.4 Å². The van der Waals surface area contributed by atoms with Gasteiger partial charge in [-0.05, 0) is 170 Å². The quantitative estimate of drug-likeness (QED) is 0.147. The summed E-state index contributed by atoms with van der Waals surface area (Å²) in [6.45, 7) is 0. The van der Waals surface area contributed by atoms with E-state index < -0.39 is 0 Å². The number of hydrogen-bond acceptors (Lipinski definition) is 3. The maximum atomic E-state index is 4.49. The van der Waals surface area contributed by atoms with Gasteiger partial charge in [0.1, 0.15) is 11.0 Å². The van der Waals surface area contributed by atoms with Gasteiger partial charge >= 0.3 is 34.1 Å². The van der Waals surface area contributed by atoms with Crippen molar-refractivity contribution in [3.05, 3.63) is 221 Å². The third kappa shape index (κ3) is 12.2. The molecule has 4 fully saturated rings. The Labute approximate surface area is 320 Å². The molecule has 0 N–H and O–H groups in total. The van der Waals surface area contributed by atoms with E-state index in [2.05, 4.69) is 69.2 Å². The maximum absolute atomic E-state index is 4.49. The Balaban J connectivity index is 0.000000388. The van der Waals surface area contributed by atoms with Crippen molar-refractivity contribution in [3.63, 3.8) is 0 Å². The molecule has 0 amide bonds. The summed E-state index contributed by atoms with van der Waals surface area (Å²) in [6.07, 6.45) is 36.3. The summed E-state index contributed by atoms with van der Waals surface area (Å²) < 4.78 is 8.98. The van der Waals surface area contributed by atoms with Gasteiger partial charge in [0.25, 0.3) is 0 Å². The number of nitrogens with zero attached hydrogens (tertiary/aromatic N) is 2. The summed E-state index contributed by atoms with van der Waals surface area (Å²) in [5.41, 5.74) is 7.29. The molecule has 4 aliphatic carbocycles. The normalized spacial score (nSPS) is 16.6. The van der Waals surface area contributed by atoms with Gasteiger partial charge in [0.05, 0.1) is 28.8 Å². The monoisotopic (exact) mass is 728 g/mol. The number of benzene rings is 3. The summed E-state index contributed by atoms with van der Waals surface area (Å²) >= 11 is 1.18. The molecule has 1 aromatic heterocycles. The SMILES string of the molecule is C(#Cc1ccc(C#Cc2ccc(C#Cc3ccc([C]4[CH][CH][CH][CH]4)cc3)c3nsnc23)cc1)[C]1[CH][CH][CH][CH]1.[CH]1[CH][CH][CH][CH]1.[CH]1[CH][CH][CH][CH]1.[Fe+2].[Fe+2].